The Hall–Kier alpha value is -2.95. The second-order valence-corrected chi connectivity index (χ2v) is 9.13. The van der Waals surface area contributed by atoms with Crippen LogP contribution in [0.4, 0.5) is 0 Å². The zero-order chi connectivity index (χ0) is 21.5. The molecule has 2 heterocycles. The molecule has 1 fully saturated rings. The lowest BCUT2D eigenvalue weighted by atomic mass is 9.78. The van der Waals surface area contributed by atoms with E-state index < -0.39 is 0 Å². The van der Waals surface area contributed by atoms with E-state index in [1.165, 1.54) is 16.9 Å². The average Bonchev–Trinajstić information content (AvgIpc) is 3.04. The van der Waals surface area contributed by atoms with Gasteiger partial charge in [-0.15, -0.1) is 0 Å². The fraction of sp³-hybridized carbons (Fsp3) is 0.423. The summed E-state index contributed by atoms with van der Waals surface area (Å²) in [7, 11) is 0. The number of fused-ring (bicyclic) bond motifs is 2. The molecule has 0 spiro atoms. The lowest BCUT2D eigenvalue weighted by Crippen LogP contribution is -2.49. The summed E-state index contributed by atoms with van der Waals surface area (Å²) >= 11 is 0. The van der Waals surface area contributed by atoms with Crippen molar-refractivity contribution in [2.24, 2.45) is 11.8 Å². The number of benzene rings is 2. The standard InChI is InChI=1S/C26H28N2O3/c1-17-8-2-4-10-19(17)24(29)27-15-14-18-9-3-5-11-20(18)23(27)16-28-25(30)21-12-6-7-13-22(21)26(28)31/h3,5-7,9,11-13,17,19,23H,2,4,8,10,14-16H2,1H3/t17-,19+,23?/m1/s1. The summed E-state index contributed by atoms with van der Waals surface area (Å²) in [6.45, 7) is 3.02. The van der Waals surface area contributed by atoms with Crippen molar-refractivity contribution < 1.29 is 14.4 Å². The Labute approximate surface area is 183 Å². The van der Waals surface area contributed by atoms with Gasteiger partial charge in [0.25, 0.3) is 11.8 Å². The van der Waals surface area contributed by atoms with Gasteiger partial charge in [-0.1, -0.05) is 56.2 Å². The molecule has 0 N–H and O–H groups in total. The van der Waals surface area contributed by atoms with Crippen LogP contribution < -0.4 is 0 Å². The molecule has 1 unspecified atom stereocenters. The van der Waals surface area contributed by atoms with Crippen LogP contribution in [0.1, 0.15) is 70.5 Å². The Morgan fingerprint density at radius 2 is 1.58 bits per heavy atom. The van der Waals surface area contributed by atoms with Crippen LogP contribution in [0.5, 0.6) is 0 Å². The summed E-state index contributed by atoms with van der Waals surface area (Å²) in [6, 6.07) is 14.8. The van der Waals surface area contributed by atoms with Crippen molar-refractivity contribution in [3.05, 3.63) is 70.8 Å². The first-order valence-corrected chi connectivity index (χ1v) is 11.4. The first-order chi connectivity index (χ1) is 15.1. The molecule has 31 heavy (non-hydrogen) atoms. The van der Waals surface area contributed by atoms with Gasteiger partial charge >= 0.3 is 0 Å². The summed E-state index contributed by atoms with van der Waals surface area (Å²) in [5.41, 5.74) is 3.16. The minimum atomic E-state index is -0.297. The molecule has 160 valence electrons. The zero-order valence-electron chi connectivity index (χ0n) is 17.9. The van der Waals surface area contributed by atoms with Crippen molar-refractivity contribution in [1.82, 2.24) is 9.80 Å². The first kappa shape index (κ1) is 20.0. The summed E-state index contributed by atoms with van der Waals surface area (Å²) in [4.78, 5) is 43.0. The fourth-order valence-corrected chi connectivity index (χ4v) is 5.59. The topological polar surface area (TPSA) is 57.7 Å². The second kappa shape index (κ2) is 7.95. The van der Waals surface area contributed by atoms with Crippen LogP contribution >= 0.6 is 0 Å². The molecule has 0 radical (unpaired) electrons. The Kier molecular flexibility index (Phi) is 5.12. The lowest BCUT2D eigenvalue weighted by Gasteiger charge is -2.42. The highest BCUT2D eigenvalue weighted by Crippen LogP contribution is 2.37. The maximum atomic E-state index is 13.7. The van der Waals surface area contributed by atoms with Crippen LogP contribution in [0.25, 0.3) is 0 Å². The highest BCUT2D eigenvalue weighted by Gasteiger charge is 2.42. The molecule has 2 aliphatic heterocycles. The minimum absolute atomic E-state index is 0.0312. The number of rotatable bonds is 3. The molecule has 5 nitrogen and oxygen atoms in total. The third kappa shape index (κ3) is 3.36. The van der Waals surface area contributed by atoms with Gasteiger partial charge in [0.2, 0.25) is 5.91 Å². The number of amides is 3. The molecule has 1 aliphatic carbocycles. The van der Waals surface area contributed by atoms with Crippen molar-refractivity contribution in [3.63, 3.8) is 0 Å². The Bertz CT molecular complexity index is 1010. The molecular weight excluding hydrogens is 388 g/mol. The predicted octanol–water partition coefficient (Wildman–Crippen LogP) is 4.23. The van der Waals surface area contributed by atoms with E-state index in [0.717, 1.165) is 31.2 Å². The van der Waals surface area contributed by atoms with E-state index in [2.05, 4.69) is 13.0 Å². The van der Waals surface area contributed by atoms with Crippen LogP contribution in [-0.2, 0) is 11.2 Å². The normalized spacial score (nSPS) is 25.4. The van der Waals surface area contributed by atoms with Gasteiger partial charge in [0.15, 0.2) is 0 Å². The largest absolute Gasteiger partial charge is 0.333 e. The third-order valence-electron chi connectivity index (χ3n) is 7.36. The fourth-order valence-electron chi connectivity index (χ4n) is 5.59. The van der Waals surface area contributed by atoms with Crippen molar-refractivity contribution in [3.8, 4) is 0 Å². The molecule has 3 aliphatic rings. The van der Waals surface area contributed by atoms with Gasteiger partial charge in [-0.25, -0.2) is 0 Å². The van der Waals surface area contributed by atoms with Gasteiger partial charge < -0.3 is 4.90 Å². The van der Waals surface area contributed by atoms with Gasteiger partial charge in [0, 0.05) is 12.5 Å². The van der Waals surface area contributed by atoms with E-state index in [1.807, 2.05) is 23.1 Å². The van der Waals surface area contributed by atoms with E-state index in [9.17, 15) is 14.4 Å². The molecule has 5 rings (SSSR count). The summed E-state index contributed by atoms with van der Waals surface area (Å²) < 4.78 is 0. The van der Waals surface area contributed by atoms with Crippen LogP contribution in [0.3, 0.4) is 0 Å². The van der Waals surface area contributed by atoms with E-state index in [0.29, 0.717) is 23.6 Å². The van der Waals surface area contributed by atoms with Crippen LogP contribution in [0.15, 0.2) is 48.5 Å². The van der Waals surface area contributed by atoms with Gasteiger partial charge in [-0.3, -0.25) is 19.3 Å². The minimum Gasteiger partial charge on any atom is -0.333 e. The second-order valence-electron chi connectivity index (χ2n) is 9.13. The lowest BCUT2D eigenvalue weighted by molar-refractivity contribution is -0.141. The number of carbonyl (C=O) groups excluding carboxylic acids is 3. The maximum absolute atomic E-state index is 13.7. The molecule has 3 amide bonds. The predicted molar refractivity (Wildman–Crippen MR) is 118 cm³/mol. The van der Waals surface area contributed by atoms with E-state index in [-0.39, 0.29) is 36.2 Å². The smallest absolute Gasteiger partial charge is 0.261 e. The molecule has 2 aromatic rings. The Morgan fingerprint density at radius 1 is 0.935 bits per heavy atom. The summed E-state index contributed by atoms with van der Waals surface area (Å²) in [6.07, 6.45) is 5.10. The van der Waals surface area contributed by atoms with Gasteiger partial charge in [-0.2, -0.15) is 0 Å². The molecule has 5 heteroatoms. The van der Waals surface area contributed by atoms with E-state index in [1.54, 1.807) is 24.3 Å². The summed E-state index contributed by atoms with van der Waals surface area (Å²) in [5, 5.41) is 0. The number of hydrogen-bond acceptors (Lipinski definition) is 3. The number of carbonyl (C=O) groups is 3. The average molecular weight is 417 g/mol. The van der Waals surface area contributed by atoms with Gasteiger partial charge in [0.1, 0.15) is 0 Å². The van der Waals surface area contributed by atoms with Crippen molar-refractivity contribution in [2.45, 2.75) is 45.1 Å². The van der Waals surface area contributed by atoms with Crippen molar-refractivity contribution in [1.29, 1.82) is 0 Å². The van der Waals surface area contributed by atoms with Crippen LogP contribution in [0.2, 0.25) is 0 Å². The van der Waals surface area contributed by atoms with Crippen LogP contribution in [0, 0.1) is 11.8 Å². The number of imide groups is 1. The highest BCUT2D eigenvalue weighted by molar-refractivity contribution is 6.21. The highest BCUT2D eigenvalue weighted by atomic mass is 16.2. The number of hydrogen-bond donors (Lipinski definition) is 0. The molecule has 0 bridgehead atoms. The summed E-state index contributed by atoms with van der Waals surface area (Å²) in [5.74, 6) is 0.0644. The molecule has 0 aromatic heterocycles. The van der Waals surface area contributed by atoms with E-state index >= 15 is 0 Å². The Balaban J connectivity index is 1.48. The first-order valence-electron chi connectivity index (χ1n) is 11.4. The number of nitrogens with zero attached hydrogens (tertiary/aromatic N) is 2. The molecule has 2 aromatic carbocycles. The van der Waals surface area contributed by atoms with Crippen molar-refractivity contribution >= 4 is 17.7 Å². The third-order valence-corrected chi connectivity index (χ3v) is 7.36. The maximum Gasteiger partial charge on any atom is 0.261 e. The molecule has 0 saturated heterocycles. The van der Waals surface area contributed by atoms with E-state index in [4.69, 9.17) is 0 Å². The Morgan fingerprint density at radius 3 is 2.29 bits per heavy atom. The molecule has 1 saturated carbocycles. The van der Waals surface area contributed by atoms with Crippen molar-refractivity contribution in [2.75, 3.05) is 13.1 Å². The SMILES string of the molecule is C[C@@H]1CCCC[C@@H]1C(=O)N1CCc2ccccc2C1CN1C(=O)c2ccccc2C1=O. The van der Waals surface area contributed by atoms with Gasteiger partial charge in [-0.05, 0) is 48.4 Å². The monoisotopic (exact) mass is 416 g/mol. The molecule has 3 atom stereocenters. The zero-order valence-corrected chi connectivity index (χ0v) is 17.9. The molecular formula is C26H28N2O3. The van der Waals surface area contributed by atoms with Gasteiger partial charge in [0.05, 0.1) is 23.7 Å². The quantitative estimate of drug-likeness (QED) is 0.704. The van der Waals surface area contributed by atoms with Crippen LogP contribution in [-0.4, -0.2) is 40.6 Å².